The maximum absolute atomic E-state index is 12.9. The van der Waals surface area contributed by atoms with Crippen LogP contribution < -0.4 is 0 Å². The summed E-state index contributed by atoms with van der Waals surface area (Å²) in [5, 5.41) is -0.417. The number of fused-ring (bicyclic) bond motifs is 1. The van der Waals surface area contributed by atoms with Crippen LogP contribution in [0.2, 0.25) is 0 Å². The van der Waals surface area contributed by atoms with Crippen molar-refractivity contribution in [1.82, 2.24) is 4.90 Å². The molecule has 0 aromatic carbocycles. The molecule has 0 bridgehead atoms. The van der Waals surface area contributed by atoms with E-state index in [2.05, 4.69) is 20.9 Å². The standard InChI is InChI=1S/C15H13BrCl4N2O4S/c1-13(2)8(10(23)26-6-14(18,19)20)22-11(24)15(16,12(22)27-13)21-9(17)7-4-3-5-25-7/h3-5,8,12H,6H2,1-2H3/t8-,12+,15?/m0/s1. The van der Waals surface area contributed by atoms with Crippen LogP contribution in [0.5, 0.6) is 0 Å². The Morgan fingerprint density at radius 3 is 2.70 bits per heavy atom. The van der Waals surface area contributed by atoms with Gasteiger partial charge in [0.2, 0.25) is 8.24 Å². The van der Waals surface area contributed by atoms with Gasteiger partial charge in [0.25, 0.3) is 5.91 Å². The van der Waals surface area contributed by atoms with Crippen molar-refractivity contribution in [1.29, 1.82) is 0 Å². The summed E-state index contributed by atoms with van der Waals surface area (Å²) in [7, 11) is 0. The molecule has 0 N–H and O–H groups in total. The summed E-state index contributed by atoms with van der Waals surface area (Å²) in [4.78, 5) is 31.1. The van der Waals surface area contributed by atoms with Gasteiger partial charge in [0.15, 0.2) is 10.9 Å². The zero-order valence-electron chi connectivity index (χ0n) is 13.9. The van der Waals surface area contributed by atoms with Crippen molar-refractivity contribution in [3.8, 4) is 0 Å². The Labute approximate surface area is 188 Å². The van der Waals surface area contributed by atoms with Gasteiger partial charge >= 0.3 is 5.97 Å². The number of carbonyl (C=O) groups is 2. The third-order valence-electron chi connectivity index (χ3n) is 4.05. The summed E-state index contributed by atoms with van der Waals surface area (Å²) >= 11 is 27.9. The zero-order valence-corrected chi connectivity index (χ0v) is 19.3. The lowest BCUT2D eigenvalue weighted by Crippen LogP contribution is -2.70. The first-order valence-electron chi connectivity index (χ1n) is 7.59. The Kier molecular flexibility index (Phi) is 5.83. The highest BCUT2D eigenvalue weighted by atomic mass is 79.9. The van der Waals surface area contributed by atoms with Crippen LogP contribution in [-0.2, 0) is 14.3 Å². The van der Waals surface area contributed by atoms with E-state index in [4.69, 9.17) is 55.6 Å². The molecular formula is C15H13BrCl4N2O4S. The normalized spacial score (nSPS) is 30.1. The van der Waals surface area contributed by atoms with Crippen LogP contribution in [0.3, 0.4) is 0 Å². The van der Waals surface area contributed by atoms with Crippen LogP contribution in [0.15, 0.2) is 27.8 Å². The number of hydrogen-bond donors (Lipinski definition) is 0. The minimum atomic E-state index is -1.73. The molecule has 148 valence electrons. The fourth-order valence-electron chi connectivity index (χ4n) is 2.91. The smallest absolute Gasteiger partial charge is 0.330 e. The first-order chi connectivity index (χ1) is 12.4. The number of alkyl halides is 4. The predicted octanol–water partition coefficient (Wildman–Crippen LogP) is 4.33. The summed E-state index contributed by atoms with van der Waals surface area (Å²) in [6.07, 6.45) is 1.45. The van der Waals surface area contributed by atoms with Gasteiger partial charge in [-0.15, -0.1) is 11.8 Å². The summed E-state index contributed by atoms with van der Waals surface area (Å²) < 4.78 is 6.61. The number of ether oxygens (including phenoxy) is 1. The third kappa shape index (κ3) is 3.98. The molecule has 6 nitrogen and oxygen atoms in total. The van der Waals surface area contributed by atoms with Crippen molar-refractivity contribution in [3.63, 3.8) is 0 Å². The second kappa shape index (κ2) is 7.29. The molecule has 0 spiro atoms. The first kappa shape index (κ1) is 21.6. The molecule has 2 saturated heterocycles. The van der Waals surface area contributed by atoms with Crippen LogP contribution >= 0.6 is 74.1 Å². The van der Waals surface area contributed by atoms with Crippen molar-refractivity contribution in [3.05, 3.63) is 24.2 Å². The average Bonchev–Trinajstić information content (AvgIpc) is 3.16. The molecule has 3 rings (SSSR count). The number of carbonyl (C=O) groups excluding carboxylic acids is 2. The van der Waals surface area contributed by atoms with Gasteiger partial charge in [-0.2, -0.15) is 0 Å². The molecular weight excluding hydrogens is 526 g/mol. The summed E-state index contributed by atoms with van der Waals surface area (Å²) in [5.74, 6) is -0.723. The maximum Gasteiger partial charge on any atom is 0.330 e. The average molecular weight is 539 g/mol. The molecule has 0 aliphatic carbocycles. The molecule has 27 heavy (non-hydrogen) atoms. The lowest BCUT2D eigenvalue weighted by Gasteiger charge is -2.47. The van der Waals surface area contributed by atoms with Gasteiger partial charge in [-0.05, 0) is 41.9 Å². The number of aliphatic imine (C=N–C) groups is 1. The zero-order chi connectivity index (χ0) is 20.2. The monoisotopic (exact) mass is 536 g/mol. The maximum atomic E-state index is 12.9. The molecule has 0 saturated carbocycles. The van der Waals surface area contributed by atoms with E-state index in [0.717, 1.165) is 0 Å². The SMILES string of the molecule is CC1(C)S[C@H]2N(C(=O)C2(Br)N=C(Cl)c2ccco2)[C@H]1C(=O)OCC(Cl)(Cl)Cl. The number of esters is 1. The number of furan rings is 1. The number of thioether (sulfide) groups is 1. The van der Waals surface area contributed by atoms with Crippen LogP contribution in [0.25, 0.3) is 0 Å². The number of rotatable bonds is 4. The molecule has 12 heteroatoms. The van der Waals surface area contributed by atoms with Crippen LogP contribution in [0.4, 0.5) is 0 Å². The molecule has 3 heterocycles. The highest BCUT2D eigenvalue weighted by Crippen LogP contribution is 2.58. The quantitative estimate of drug-likeness (QED) is 0.188. The Morgan fingerprint density at radius 1 is 1.48 bits per heavy atom. The molecule has 2 fully saturated rings. The topological polar surface area (TPSA) is 72.1 Å². The van der Waals surface area contributed by atoms with Gasteiger partial charge in [0, 0.05) is 4.75 Å². The largest absolute Gasteiger partial charge is 0.462 e. The first-order valence-corrected chi connectivity index (χ1v) is 10.8. The van der Waals surface area contributed by atoms with Crippen LogP contribution in [-0.4, -0.2) is 53.0 Å². The van der Waals surface area contributed by atoms with Gasteiger partial charge in [0.05, 0.1) is 6.26 Å². The van der Waals surface area contributed by atoms with Gasteiger partial charge in [-0.1, -0.05) is 46.4 Å². The van der Waals surface area contributed by atoms with E-state index in [1.54, 1.807) is 12.1 Å². The number of nitrogens with zero attached hydrogens (tertiary/aromatic N) is 2. The van der Waals surface area contributed by atoms with E-state index in [9.17, 15) is 9.59 Å². The Morgan fingerprint density at radius 2 is 2.15 bits per heavy atom. The van der Waals surface area contributed by atoms with E-state index in [1.807, 2.05) is 13.8 Å². The second-order valence-corrected chi connectivity index (χ2v) is 12.3. The van der Waals surface area contributed by atoms with Crippen LogP contribution in [0, 0.1) is 0 Å². The molecule has 1 unspecified atom stereocenters. The van der Waals surface area contributed by atoms with E-state index in [1.165, 1.54) is 22.9 Å². The third-order valence-corrected chi connectivity index (χ3v) is 7.53. The molecule has 0 radical (unpaired) electrons. The molecule has 2 aliphatic heterocycles. The van der Waals surface area contributed by atoms with Crippen LogP contribution in [0.1, 0.15) is 19.6 Å². The molecule has 1 aromatic heterocycles. The number of halogens is 5. The number of β-lactam (4-membered cyclic amide) rings is 1. The summed E-state index contributed by atoms with van der Waals surface area (Å²) in [5.41, 5.74) is 0. The van der Waals surface area contributed by atoms with Crippen molar-refractivity contribution >= 4 is 91.1 Å². The highest BCUT2D eigenvalue weighted by Gasteiger charge is 2.71. The molecule has 3 atom stereocenters. The fraction of sp³-hybridized carbons (Fsp3) is 0.533. The number of hydrogen-bond acceptors (Lipinski definition) is 6. The Bertz CT molecular complexity index is 798. The molecule has 2 aliphatic rings. The molecule has 1 amide bonds. The van der Waals surface area contributed by atoms with Crippen molar-refractivity contribution in [2.24, 2.45) is 4.99 Å². The Hall–Kier alpha value is -0.120. The van der Waals surface area contributed by atoms with Crippen molar-refractivity contribution < 1.29 is 18.7 Å². The van der Waals surface area contributed by atoms with Gasteiger partial charge < -0.3 is 14.1 Å². The minimum absolute atomic E-state index is 0.0468. The van der Waals surface area contributed by atoms with E-state index < -0.39 is 42.9 Å². The van der Waals surface area contributed by atoms with Crippen molar-refractivity contribution in [2.45, 2.75) is 38.3 Å². The van der Waals surface area contributed by atoms with Gasteiger partial charge in [-0.25, -0.2) is 9.79 Å². The lowest BCUT2D eigenvalue weighted by molar-refractivity contribution is -0.163. The van der Waals surface area contributed by atoms with Crippen molar-refractivity contribution in [2.75, 3.05) is 6.61 Å². The highest BCUT2D eigenvalue weighted by molar-refractivity contribution is 9.10. The molecule has 1 aromatic rings. The second-order valence-electron chi connectivity index (χ2n) is 6.46. The Balaban J connectivity index is 1.83. The van der Waals surface area contributed by atoms with Gasteiger partial charge in [-0.3, -0.25) is 4.79 Å². The van der Waals surface area contributed by atoms with E-state index in [0.29, 0.717) is 5.76 Å². The van der Waals surface area contributed by atoms with E-state index >= 15 is 0 Å². The fourth-order valence-corrected chi connectivity index (χ4v) is 5.86. The minimum Gasteiger partial charge on any atom is -0.462 e. The van der Waals surface area contributed by atoms with E-state index in [-0.39, 0.29) is 5.17 Å². The lowest BCUT2D eigenvalue weighted by atomic mass is 9.96. The van der Waals surface area contributed by atoms with Gasteiger partial charge in [0.1, 0.15) is 18.0 Å². The summed E-state index contributed by atoms with van der Waals surface area (Å²) in [6.45, 7) is 3.24. The summed E-state index contributed by atoms with van der Waals surface area (Å²) in [6, 6.07) is 2.44. The number of amides is 1. The predicted molar refractivity (Wildman–Crippen MR) is 110 cm³/mol.